The van der Waals surface area contributed by atoms with E-state index in [-0.39, 0.29) is 34.5 Å². The first-order chi connectivity index (χ1) is 8.97. The fourth-order valence-corrected chi connectivity index (χ4v) is 1.94. The van der Waals surface area contributed by atoms with Gasteiger partial charge in [0, 0.05) is 12.1 Å². The Morgan fingerprint density at radius 1 is 1.47 bits per heavy atom. The van der Waals surface area contributed by atoms with Gasteiger partial charge in [-0.15, -0.1) is 0 Å². The number of nitrogens with two attached hydrogens (primary N) is 1. The van der Waals surface area contributed by atoms with E-state index in [1.165, 1.54) is 6.07 Å². The highest BCUT2D eigenvalue weighted by atomic mass is 79.9. The highest BCUT2D eigenvalue weighted by molar-refractivity contribution is 9.10. The van der Waals surface area contributed by atoms with Crippen LogP contribution in [-0.4, -0.2) is 18.6 Å². The molecule has 0 unspecified atom stereocenters. The van der Waals surface area contributed by atoms with Gasteiger partial charge in [-0.1, -0.05) is 13.8 Å². The van der Waals surface area contributed by atoms with Gasteiger partial charge < -0.3 is 15.8 Å². The Hall–Kier alpha value is -1.30. The zero-order chi connectivity index (χ0) is 14.4. The lowest BCUT2D eigenvalue weighted by molar-refractivity contribution is -0.123. The Labute approximate surface area is 120 Å². The van der Waals surface area contributed by atoms with Gasteiger partial charge in [0.1, 0.15) is 11.6 Å². The summed E-state index contributed by atoms with van der Waals surface area (Å²) in [5.74, 6) is -0.554. The summed E-state index contributed by atoms with van der Waals surface area (Å²) in [5, 5.41) is 2.82. The highest BCUT2D eigenvalue weighted by Crippen LogP contribution is 2.28. The van der Waals surface area contributed by atoms with E-state index < -0.39 is 5.82 Å². The number of hydrogen-bond acceptors (Lipinski definition) is 3. The molecule has 1 aromatic rings. The van der Waals surface area contributed by atoms with Gasteiger partial charge in [-0.3, -0.25) is 4.79 Å². The molecule has 0 aliphatic carbocycles. The van der Waals surface area contributed by atoms with E-state index >= 15 is 0 Å². The minimum absolute atomic E-state index is 0.134. The lowest BCUT2D eigenvalue weighted by Gasteiger charge is -2.15. The summed E-state index contributed by atoms with van der Waals surface area (Å²) in [6.07, 6.45) is 1.72. The number of amides is 1. The van der Waals surface area contributed by atoms with Crippen LogP contribution in [0, 0.1) is 5.82 Å². The molecule has 0 spiro atoms. The van der Waals surface area contributed by atoms with Crippen molar-refractivity contribution in [3.63, 3.8) is 0 Å². The number of nitrogens with one attached hydrogen (secondary N) is 1. The second-order valence-electron chi connectivity index (χ2n) is 4.17. The number of hydrogen-bond donors (Lipinski definition) is 2. The Morgan fingerprint density at radius 3 is 2.68 bits per heavy atom. The van der Waals surface area contributed by atoms with Crippen LogP contribution >= 0.6 is 15.9 Å². The molecule has 1 amide bonds. The molecule has 19 heavy (non-hydrogen) atoms. The zero-order valence-electron chi connectivity index (χ0n) is 11.0. The average Bonchev–Trinajstić information content (AvgIpc) is 2.38. The van der Waals surface area contributed by atoms with Crippen LogP contribution < -0.4 is 15.8 Å². The van der Waals surface area contributed by atoms with Gasteiger partial charge in [-0.2, -0.15) is 0 Å². The molecule has 3 N–H and O–H groups in total. The lowest BCUT2D eigenvalue weighted by atomic mass is 10.2. The Morgan fingerprint density at radius 2 is 2.11 bits per heavy atom. The van der Waals surface area contributed by atoms with Gasteiger partial charge in [0.25, 0.3) is 5.91 Å². The van der Waals surface area contributed by atoms with Crippen molar-refractivity contribution in [3.8, 4) is 5.75 Å². The smallest absolute Gasteiger partial charge is 0.258 e. The molecule has 1 rings (SSSR count). The molecule has 0 aromatic heterocycles. The van der Waals surface area contributed by atoms with Crippen LogP contribution in [-0.2, 0) is 4.79 Å². The molecule has 0 atom stereocenters. The molecule has 0 radical (unpaired) electrons. The van der Waals surface area contributed by atoms with Crippen molar-refractivity contribution in [2.75, 3.05) is 12.3 Å². The molecule has 0 fully saturated rings. The third-order valence-corrected chi connectivity index (χ3v) is 3.37. The first-order valence-corrected chi connectivity index (χ1v) is 6.93. The monoisotopic (exact) mass is 332 g/mol. The maximum Gasteiger partial charge on any atom is 0.258 e. The number of halogens is 2. The minimum Gasteiger partial charge on any atom is -0.482 e. The van der Waals surface area contributed by atoms with Crippen LogP contribution in [0.15, 0.2) is 16.6 Å². The molecular weight excluding hydrogens is 315 g/mol. The number of carbonyl (C=O) groups excluding carboxylic acids is 1. The van der Waals surface area contributed by atoms with Crippen molar-refractivity contribution >= 4 is 27.5 Å². The molecular formula is C13H18BrFN2O2. The summed E-state index contributed by atoms with van der Waals surface area (Å²) in [5.41, 5.74) is 5.96. The number of ether oxygens (including phenoxy) is 1. The standard InChI is InChI=1S/C13H18BrFN2O2/c1-3-8(4-2)17-13(18)7-19-12-6-10(15)9(14)5-11(12)16/h5-6,8H,3-4,7,16H2,1-2H3,(H,17,18). The maximum absolute atomic E-state index is 13.3. The van der Waals surface area contributed by atoms with E-state index in [0.717, 1.165) is 18.9 Å². The van der Waals surface area contributed by atoms with Crippen molar-refractivity contribution in [1.82, 2.24) is 5.32 Å². The van der Waals surface area contributed by atoms with Crippen molar-refractivity contribution in [2.24, 2.45) is 0 Å². The third kappa shape index (κ3) is 4.70. The van der Waals surface area contributed by atoms with E-state index in [1.54, 1.807) is 0 Å². The normalized spacial score (nSPS) is 10.6. The van der Waals surface area contributed by atoms with E-state index in [0.29, 0.717) is 0 Å². The minimum atomic E-state index is -0.482. The fourth-order valence-electron chi connectivity index (χ4n) is 1.57. The summed E-state index contributed by atoms with van der Waals surface area (Å²) < 4.78 is 18.8. The van der Waals surface area contributed by atoms with Crippen LogP contribution in [0.1, 0.15) is 26.7 Å². The fraction of sp³-hybridized carbons (Fsp3) is 0.462. The topological polar surface area (TPSA) is 64.3 Å². The zero-order valence-corrected chi connectivity index (χ0v) is 12.6. The average molecular weight is 333 g/mol. The van der Waals surface area contributed by atoms with Gasteiger partial charge in [-0.05, 0) is 34.8 Å². The van der Waals surface area contributed by atoms with Crippen LogP contribution in [0.5, 0.6) is 5.75 Å². The van der Waals surface area contributed by atoms with Crippen molar-refractivity contribution < 1.29 is 13.9 Å². The van der Waals surface area contributed by atoms with E-state index in [9.17, 15) is 9.18 Å². The van der Waals surface area contributed by atoms with Crippen LogP contribution in [0.25, 0.3) is 0 Å². The Balaban J connectivity index is 2.57. The number of benzene rings is 1. The maximum atomic E-state index is 13.3. The largest absolute Gasteiger partial charge is 0.482 e. The van der Waals surface area contributed by atoms with Crippen molar-refractivity contribution in [1.29, 1.82) is 0 Å². The van der Waals surface area contributed by atoms with Crippen LogP contribution in [0.2, 0.25) is 0 Å². The lowest BCUT2D eigenvalue weighted by Crippen LogP contribution is -2.37. The first-order valence-electron chi connectivity index (χ1n) is 6.14. The van der Waals surface area contributed by atoms with Crippen LogP contribution in [0.4, 0.5) is 10.1 Å². The molecule has 106 valence electrons. The second kappa shape index (κ2) is 7.33. The van der Waals surface area contributed by atoms with Gasteiger partial charge in [0.05, 0.1) is 10.2 Å². The summed E-state index contributed by atoms with van der Waals surface area (Å²) in [7, 11) is 0. The summed E-state index contributed by atoms with van der Waals surface area (Å²) >= 11 is 3.02. The predicted molar refractivity (Wildman–Crippen MR) is 76.5 cm³/mol. The quantitative estimate of drug-likeness (QED) is 0.787. The van der Waals surface area contributed by atoms with E-state index in [1.807, 2.05) is 13.8 Å². The number of nitrogen functional groups attached to an aromatic ring is 1. The molecule has 6 heteroatoms. The molecule has 0 saturated heterocycles. The molecule has 0 heterocycles. The molecule has 0 aliphatic heterocycles. The third-order valence-electron chi connectivity index (χ3n) is 2.76. The van der Waals surface area contributed by atoms with Crippen molar-refractivity contribution in [3.05, 3.63) is 22.4 Å². The van der Waals surface area contributed by atoms with E-state index in [4.69, 9.17) is 10.5 Å². The van der Waals surface area contributed by atoms with Gasteiger partial charge in [0.15, 0.2) is 6.61 Å². The van der Waals surface area contributed by atoms with Crippen molar-refractivity contribution in [2.45, 2.75) is 32.7 Å². The molecule has 0 bridgehead atoms. The molecule has 1 aromatic carbocycles. The van der Waals surface area contributed by atoms with E-state index in [2.05, 4.69) is 21.2 Å². The molecule has 0 aliphatic rings. The second-order valence-corrected chi connectivity index (χ2v) is 5.03. The number of rotatable bonds is 6. The Bertz CT molecular complexity index is 451. The predicted octanol–water partition coefficient (Wildman–Crippen LogP) is 2.85. The van der Waals surface area contributed by atoms with Gasteiger partial charge in [0.2, 0.25) is 0 Å². The first kappa shape index (κ1) is 15.8. The van der Waals surface area contributed by atoms with Crippen LogP contribution in [0.3, 0.4) is 0 Å². The number of carbonyl (C=O) groups is 1. The summed E-state index contributed by atoms with van der Waals surface area (Å²) in [4.78, 5) is 11.6. The number of anilines is 1. The van der Waals surface area contributed by atoms with Gasteiger partial charge in [-0.25, -0.2) is 4.39 Å². The SMILES string of the molecule is CCC(CC)NC(=O)COc1cc(F)c(Br)cc1N. The molecule has 4 nitrogen and oxygen atoms in total. The van der Waals surface area contributed by atoms with Gasteiger partial charge >= 0.3 is 0 Å². The highest BCUT2D eigenvalue weighted by Gasteiger charge is 2.11. The Kier molecular flexibility index (Phi) is 6.08. The summed E-state index contributed by atoms with van der Waals surface area (Å²) in [6, 6.07) is 2.70. The summed E-state index contributed by atoms with van der Waals surface area (Å²) in [6.45, 7) is 3.82. The molecule has 0 saturated carbocycles.